The molecule has 3 aromatic rings. The van der Waals surface area contributed by atoms with E-state index in [1.54, 1.807) is 6.92 Å². The van der Waals surface area contributed by atoms with Crippen molar-refractivity contribution in [2.24, 2.45) is 11.3 Å². The van der Waals surface area contributed by atoms with Crippen LogP contribution >= 0.6 is 0 Å². The molecule has 0 bridgehead atoms. The minimum Gasteiger partial charge on any atom is -0.390 e. The predicted octanol–water partition coefficient (Wildman–Crippen LogP) is 6.78. The molecule has 2 aliphatic carbocycles. The second-order valence-electron chi connectivity index (χ2n) is 17.1. The van der Waals surface area contributed by atoms with Gasteiger partial charge in [0.05, 0.1) is 35.3 Å². The van der Waals surface area contributed by atoms with Crippen LogP contribution in [0.5, 0.6) is 0 Å². The summed E-state index contributed by atoms with van der Waals surface area (Å²) in [6.07, 6.45) is 2.67. The first kappa shape index (κ1) is 45.5. The van der Waals surface area contributed by atoms with Crippen molar-refractivity contribution in [2.75, 3.05) is 12.3 Å². The van der Waals surface area contributed by atoms with E-state index in [1.807, 2.05) is 76.2 Å². The highest BCUT2D eigenvalue weighted by Crippen LogP contribution is 2.68. The van der Waals surface area contributed by atoms with Gasteiger partial charge in [-0.15, -0.1) is 0 Å². The third kappa shape index (κ3) is 10.4. The van der Waals surface area contributed by atoms with Crippen LogP contribution in [0.2, 0.25) is 0 Å². The summed E-state index contributed by atoms with van der Waals surface area (Å²) >= 11 is 0. The number of halogens is 2. The third-order valence-electron chi connectivity index (χ3n) is 12.6. The molecule has 12 heteroatoms. The largest absolute Gasteiger partial charge is 0.390 e. The van der Waals surface area contributed by atoms with Crippen LogP contribution in [0.25, 0.3) is 0 Å². The average molecular weight is 824 g/mol. The molecule has 318 valence electrons. The van der Waals surface area contributed by atoms with E-state index < -0.39 is 73.1 Å². The number of carbonyl (C=O) groups is 2. The summed E-state index contributed by atoms with van der Waals surface area (Å²) in [6, 6.07) is 18.1. The van der Waals surface area contributed by atoms with Crippen LogP contribution in [0.3, 0.4) is 0 Å². The molecule has 3 unspecified atom stereocenters. The number of nitrogens with one attached hydrogen (secondary N) is 3. The molecule has 0 aliphatic heterocycles. The average Bonchev–Trinajstić information content (AvgIpc) is 3.67. The van der Waals surface area contributed by atoms with E-state index in [1.165, 1.54) is 0 Å². The van der Waals surface area contributed by atoms with Gasteiger partial charge in [0.15, 0.2) is 15.6 Å². The molecule has 2 fully saturated rings. The Labute approximate surface area is 344 Å². The summed E-state index contributed by atoms with van der Waals surface area (Å²) in [5.41, 5.74) is 0.159. The number of Topliss-reactive ketones (excluding diaryl/α,β-unsaturated/α-hetero) is 1. The molecule has 3 aromatic carbocycles. The third-order valence-corrected chi connectivity index (χ3v) is 14.9. The Hall–Kier alpha value is -3.55. The number of aliphatic hydroxyl groups is 1. The first-order chi connectivity index (χ1) is 27.5. The second-order valence-corrected chi connectivity index (χ2v) is 19.5. The first-order valence-electron chi connectivity index (χ1n) is 20.9. The number of ketones is 1. The van der Waals surface area contributed by atoms with E-state index in [0.717, 1.165) is 41.3 Å². The van der Waals surface area contributed by atoms with Crippen molar-refractivity contribution in [3.05, 3.63) is 107 Å². The smallest absolute Gasteiger partial charge is 0.238 e. The fourth-order valence-corrected chi connectivity index (χ4v) is 11.3. The van der Waals surface area contributed by atoms with Gasteiger partial charge in [0.2, 0.25) is 5.91 Å². The molecular formula is C46H63F2N3O6S. The molecule has 0 aromatic heterocycles. The molecule has 9 nitrogen and oxygen atoms in total. The van der Waals surface area contributed by atoms with E-state index in [0.29, 0.717) is 45.1 Å². The molecule has 1 amide bonds. The molecule has 0 heterocycles. The van der Waals surface area contributed by atoms with E-state index in [-0.39, 0.29) is 36.8 Å². The van der Waals surface area contributed by atoms with Crippen LogP contribution < -0.4 is 16.0 Å². The van der Waals surface area contributed by atoms with Crippen molar-refractivity contribution in [1.82, 2.24) is 16.0 Å². The molecule has 2 aliphatic rings. The van der Waals surface area contributed by atoms with Crippen LogP contribution in [-0.2, 0) is 50.2 Å². The molecule has 0 saturated heterocycles. The van der Waals surface area contributed by atoms with Crippen LogP contribution in [0.4, 0.5) is 8.78 Å². The Morgan fingerprint density at radius 1 is 0.897 bits per heavy atom. The van der Waals surface area contributed by atoms with Crippen molar-refractivity contribution in [3.63, 3.8) is 0 Å². The van der Waals surface area contributed by atoms with E-state index >= 15 is 0 Å². The summed E-state index contributed by atoms with van der Waals surface area (Å²) in [4.78, 5) is 29.6. The SMILES string of the molecule is CCCC(CCC)S(=O)(=O)C[C@H](NC12C(=O)C(C)(OCc3ccccc3)CCC1C2(C)C)C(=O)N[C@@H](Cc1cc(F)cc(F)c1)[C@H](O)CNCc1cccc(CC)c1. The zero-order chi connectivity index (χ0) is 42.3. The zero-order valence-electron chi connectivity index (χ0n) is 35.0. The van der Waals surface area contributed by atoms with Crippen molar-refractivity contribution in [1.29, 1.82) is 0 Å². The molecular weight excluding hydrogens is 761 g/mol. The summed E-state index contributed by atoms with van der Waals surface area (Å²) in [5, 5.41) is 20.4. The summed E-state index contributed by atoms with van der Waals surface area (Å²) < 4.78 is 63.7. The van der Waals surface area contributed by atoms with Crippen LogP contribution in [0.15, 0.2) is 72.8 Å². The Kier molecular flexibility index (Phi) is 15.1. The highest BCUT2D eigenvalue weighted by molar-refractivity contribution is 7.92. The van der Waals surface area contributed by atoms with E-state index in [2.05, 4.69) is 28.9 Å². The number of aliphatic hydroxyl groups excluding tert-OH is 1. The second kappa shape index (κ2) is 19.2. The minimum atomic E-state index is -3.90. The van der Waals surface area contributed by atoms with Crippen molar-refractivity contribution >= 4 is 21.5 Å². The van der Waals surface area contributed by atoms with E-state index in [4.69, 9.17) is 4.74 Å². The first-order valence-corrected chi connectivity index (χ1v) is 22.6. The molecule has 2 saturated carbocycles. The Bertz CT molecular complexity index is 1950. The van der Waals surface area contributed by atoms with Gasteiger partial charge in [0, 0.05) is 19.2 Å². The minimum absolute atomic E-state index is 0.0131. The van der Waals surface area contributed by atoms with Crippen LogP contribution in [0, 0.1) is 23.0 Å². The molecule has 0 spiro atoms. The van der Waals surface area contributed by atoms with Gasteiger partial charge in [0.25, 0.3) is 0 Å². The van der Waals surface area contributed by atoms with Crippen molar-refractivity contribution in [3.8, 4) is 0 Å². The summed E-state index contributed by atoms with van der Waals surface area (Å²) in [7, 11) is -3.90. The highest BCUT2D eigenvalue weighted by atomic mass is 32.2. The molecule has 5 rings (SSSR count). The number of hydrogen-bond acceptors (Lipinski definition) is 8. The number of ether oxygens (including phenoxy) is 1. The van der Waals surface area contributed by atoms with Gasteiger partial charge in [-0.3, -0.25) is 14.9 Å². The van der Waals surface area contributed by atoms with Gasteiger partial charge in [-0.2, -0.15) is 0 Å². The van der Waals surface area contributed by atoms with Gasteiger partial charge in [0.1, 0.15) is 23.3 Å². The van der Waals surface area contributed by atoms with Gasteiger partial charge >= 0.3 is 0 Å². The fourth-order valence-electron chi connectivity index (χ4n) is 9.14. The lowest BCUT2D eigenvalue weighted by atomic mass is 9.80. The van der Waals surface area contributed by atoms with Crippen molar-refractivity contribution in [2.45, 2.75) is 141 Å². The topological polar surface area (TPSA) is 134 Å². The molecule has 58 heavy (non-hydrogen) atoms. The number of benzene rings is 3. The Balaban J connectivity index is 1.46. The lowest BCUT2D eigenvalue weighted by molar-refractivity contribution is -0.153. The standard InChI is InChI=1S/C46H63F2N3O6S/c1-7-14-37(15-8-2)58(55,56)30-39(51-46-41(44(46,4)5)20-21-45(6,43(46)54)57-29-32-16-11-10-12-17-32)42(53)50-38(25-34-23-35(47)26-36(48)24-34)40(52)28-49-27-33-19-13-18-31(9-3)22-33/h10-13,16-19,22-24,26,37-41,49,51-52H,7-9,14-15,20-21,25,27-30H2,1-6H3,(H,50,53)/t38-,39-,40+,41?,45?,46?/m0/s1. The quantitative estimate of drug-likeness (QED) is 0.0873. The normalized spacial score (nSPS) is 22.9. The lowest BCUT2D eigenvalue weighted by Gasteiger charge is -2.39. The fraction of sp³-hybridized carbons (Fsp3) is 0.565. The Morgan fingerprint density at radius 2 is 1.53 bits per heavy atom. The predicted molar refractivity (Wildman–Crippen MR) is 224 cm³/mol. The molecule has 0 radical (unpaired) electrons. The monoisotopic (exact) mass is 823 g/mol. The van der Waals surface area contributed by atoms with Gasteiger partial charge in [-0.1, -0.05) is 102 Å². The number of fused-ring (bicyclic) bond motifs is 1. The van der Waals surface area contributed by atoms with Crippen LogP contribution in [-0.4, -0.2) is 72.1 Å². The molecule has 4 N–H and O–H groups in total. The number of aryl methyl sites for hydroxylation is 1. The number of amides is 1. The van der Waals surface area contributed by atoms with Gasteiger partial charge in [-0.25, -0.2) is 17.2 Å². The zero-order valence-corrected chi connectivity index (χ0v) is 35.8. The number of sulfone groups is 1. The lowest BCUT2D eigenvalue weighted by Crippen LogP contribution is -2.64. The maximum atomic E-state index is 14.8. The van der Waals surface area contributed by atoms with Gasteiger partial charge in [-0.05, 0) is 91.2 Å². The maximum absolute atomic E-state index is 14.8. The van der Waals surface area contributed by atoms with Crippen LogP contribution in [0.1, 0.15) is 102 Å². The highest BCUT2D eigenvalue weighted by Gasteiger charge is 2.79. The summed E-state index contributed by atoms with van der Waals surface area (Å²) in [6.45, 7) is 12.2. The Morgan fingerprint density at radius 3 is 2.17 bits per heavy atom. The van der Waals surface area contributed by atoms with Gasteiger partial charge < -0.3 is 20.5 Å². The van der Waals surface area contributed by atoms with E-state index in [9.17, 15) is 31.9 Å². The summed E-state index contributed by atoms with van der Waals surface area (Å²) in [5.74, 6) is -3.33. The van der Waals surface area contributed by atoms with Crippen molar-refractivity contribution < 1.29 is 36.6 Å². The molecule has 6 atom stereocenters. The number of hydrogen-bond donors (Lipinski definition) is 4. The number of carbonyl (C=O) groups excluding carboxylic acids is 2. The number of rotatable bonds is 22. The maximum Gasteiger partial charge on any atom is 0.238 e.